The third kappa shape index (κ3) is 9.76. The van der Waals surface area contributed by atoms with Gasteiger partial charge in [0, 0.05) is 58.9 Å². The van der Waals surface area contributed by atoms with Gasteiger partial charge in [-0.3, -0.25) is 14.6 Å². The molecular weight excluding hydrogens is 531 g/mol. The zero-order valence-electron chi connectivity index (χ0n) is 20.3. The summed E-state index contributed by atoms with van der Waals surface area (Å²) in [5, 5.41) is 7.04. The molecule has 186 valence electrons. The van der Waals surface area contributed by atoms with Gasteiger partial charge in [-0.15, -0.1) is 24.0 Å². The number of amides is 1. The molecule has 0 saturated carbocycles. The van der Waals surface area contributed by atoms with Crippen molar-refractivity contribution >= 4 is 35.8 Å². The summed E-state index contributed by atoms with van der Waals surface area (Å²) in [5.74, 6) is 0.742. The lowest BCUT2D eigenvalue weighted by Crippen LogP contribution is -2.46. The van der Waals surface area contributed by atoms with Crippen LogP contribution in [0.4, 0.5) is 0 Å². The molecule has 0 radical (unpaired) electrons. The number of aliphatic imine (C=N–C) groups is 1. The van der Waals surface area contributed by atoms with Crippen molar-refractivity contribution in [1.82, 2.24) is 25.3 Å². The van der Waals surface area contributed by atoms with Gasteiger partial charge >= 0.3 is 0 Å². The van der Waals surface area contributed by atoms with E-state index >= 15 is 0 Å². The lowest BCUT2D eigenvalue weighted by molar-refractivity contribution is -0.127. The molecule has 2 N–H and O–H groups in total. The number of nitrogens with zero attached hydrogens (tertiary/aromatic N) is 4. The maximum absolute atomic E-state index is 12.1. The molecule has 2 fully saturated rings. The number of guanidine groups is 1. The summed E-state index contributed by atoms with van der Waals surface area (Å²) >= 11 is 0. The number of halogens is 1. The molecule has 0 bridgehead atoms. The van der Waals surface area contributed by atoms with E-state index in [2.05, 4.69) is 62.7 Å². The lowest BCUT2D eigenvalue weighted by atomic mass is 10.2. The zero-order valence-corrected chi connectivity index (χ0v) is 22.7. The fraction of sp³-hybridized carbons (Fsp3) is 0.667. The molecule has 0 spiro atoms. The second-order valence-electron chi connectivity index (χ2n) is 9.03. The first-order chi connectivity index (χ1) is 15.5. The molecule has 9 heteroatoms. The summed E-state index contributed by atoms with van der Waals surface area (Å²) in [6.07, 6.45) is 2.09. The molecule has 8 nitrogen and oxygen atoms in total. The molecule has 33 heavy (non-hydrogen) atoms. The average molecular weight is 573 g/mol. The molecule has 2 atom stereocenters. The van der Waals surface area contributed by atoms with Crippen molar-refractivity contribution in [2.45, 2.75) is 38.4 Å². The molecule has 0 aliphatic carbocycles. The van der Waals surface area contributed by atoms with Gasteiger partial charge in [0.1, 0.15) is 6.54 Å². The Kier molecular flexibility index (Phi) is 12.4. The summed E-state index contributed by atoms with van der Waals surface area (Å²) in [7, 11) is 3.53. The number of carbonyl (C=O) groups is 1. The second kappa shape index (κ2) is 14.7. The van der Waals surface area contributed by atoms with E-state index in [0.29, 0.717) is 12.1 Å². The third-order valence-electron chi connectivity index (χ3n) is 6.19. The van der Waals surface area contributed by atoms with E-state index in [9.17, 15) is 4.79 Å². The Labute approximate surface area is 216 Å². The average Bonchev–Trinajstić information content (AvgIpc) is 3.14. The van der Waals surface area contributed by atoms with Crippen molar-refractivity contribution in [3.8, 4) is 0 Å². The number of ether oxygens (including phenoxy) is 1. The number of nitrogens with one attached hydrogen (secondary N) is 2. The largest absolute Gasteiger partial charge is 0.379 e. The number of carbonyl (C=O) groups excluding carboxylic acids is 1. The Morgan fingerprint density at radius 2 is 1.94 bits per heavy atom. The molecule has 1 aromatic carbocycles. The smallest absolute Gasteiger partial charge is 0.243 e. The van der Waals surface area contributed by atoms with Gasteiger partial charge in [0.05, 0.1) is 13.2 Å². The Balaban J connectivity index is 0.00000385. The Bertz CT molecular complexity index is 727. The number of hydrogen-bond acceptors (Lipinski definition) is 5. The number of hydrogen-bond donors (Lipinski definition) is 2. The molecule has 2 heterocycles. The van der Waals surface area contributed by atoms with Crippen molar-refractivity contribution in [2.75, 3.05) is 66.6 Å². The molecule has 0 aromatic heterocycles. The van der Waals surface area contributed by atoms with Crippen LogP contribution in [0.2, 0.25) is 0 Å². The number of rotatable bonds is 9. The number of benzene rings is 1. The van der Waals surface area contributed by atoms with Crippen LogP contribution in [0.15, 0.2) is 35.3 Å². The molecule has 2 unspecified atom stereocenters. The molecule has 2 aliphatic heterocycles. The Hall–Kier alpha value is -1.43. The van der Waals surface area contributed by atoms with E-state index in [-0.39, 0.29) is 36.4 Å². The van der Waals surface area contributed by atoms with Crippen LogP contribution in [0.1, 0.15) is 25.3 Å². The maximum Gasteiger partial charge on any atom is 0.243 e. The molecular formula is C24H41IN6O2. The first-order valence-electron chi connectivity index (χ1n) is 11.8. The second-order valence-corrected chi connectivity index (χ2v) is 9.03. The van der Waals surface area contributed by atoms with Crippen molar-refractivity contribution in [1.29, 1.82) is 0 Å². The summed E-state index contributed by atoms with van der Waals surface area (Å²) in [5.41, 5.74) is 1.34. The van der Waals surface area contributed by atoms with Crippen LogP contribution < -0.4 is 10.6 Å². The molecule has 3 rings (SSSR count). The topological polar surface area (TPSA) is 72.4 Å². The fourth-order valence-electron chi connectivity index (χ4n) is 4.21. The van der Waals surface area contributed by atoms with E-state index < -0.39 is 0 Å². The van der Waals surface area contributed by atoms with E-state index in [1.807, 2.05) is 0 Å². The van der Waals surface area contributed by atoms with Gasteiger partial charge in [-0.1, -0.05) is 30.3 Å². The number of likely N-dealkylation sites (tertiary alicyclic amines) is 1. The lowest BCUT2D eigenvalue weighted by Gasteiger charge is -2.26. The summed E-state index contributed by atoms with van der Waals surface area (Å²) < 4.78 is 5.42. The Morgan fingerprint density at radius 1 is 1.21 bits per heavy atom. The van der Waals surface area contributed by atoms with Crippen LogP contribution >= 0.6 is 24.0 Å². The molecule has 1 amide bonds. The van der Waals surface area contributed by atoms with Gasteiger partial charge < -0.3 is 20.3 Å². The molecule has 1 aromatic rings. The SMILES string of the molecule is CC1CC(NC(=NCC(=O)N(C)C)NCCCN2CCOCC2)CN1Cc1ccccc1.I. The fourth-order valence-corrected chi connectivity index (χ4v) is 4.21. The highest BCUT2D eigenvalue weighted by Gasteiger charge is 2.29. The quantitative estimate of drug-likeness (QED) is 0.203. The van der Waals surface area contributed by atoms with Gasteiger partial charge in [0.25, 0.3) is 0 Å². The highest BCUT2D eigenvalue weighted by Crippen LogP contribution is 2.20. The van der Waals surface area contributed by atoms with E-state index in [1.165, 1.54) is 5.56 Å². The number of morpholine rings is 1. The summed E-state index contributed by atoms with van der Waals surface area (Å²) in [6.45, 7) is 9.91. The van der Waals surface area contributed by atoms with E-state index in [4.69, 9.17) is 4.74 Å². The minimum absolute atomic E-state index is 0. The highest BCUT2D eigenvalue weighted by molar-refractivity contribution is 14.0. The predicted octanol–water partition coefficient (Wildman–Crippen LogP) is 1.61. The van der Waals surface area contributed by atoms with Crippen LogP contribution in [0.3, 0.4) is 0 Å². The zero-order chi connectivity index (χ0) is 22.8. The summed E-state index contributed by atoms with van der Waals surface area (Å²) in [4.78, 5) is 23.2. The molecule has 2 saturated heterocycles. The normalized spacial score (nSPS) is 22.0. The molecule has 2 aliphatic rings. The van der Waals surface area contributed by atoms with Crippen molar-refractivity contribution in [2.24, 2.45) is 4.99 Å². The van der Waals surface area contributed by atoms with Crippen LogP contribution in [0.25, 0.3) is 0 Å². The van der Waals surface area contributed by atoms with Crippen LogP contribution in [0.5, 0.6) is 0 Å². The van der Waals surface area contributed by atoms with Gasteiger partial charge in [0.15, 0.2) is 5.96 Å². The van der Waals surface area contributed by atoms with Crippen molar-refractivity contribution in [3.63, 3.8) is 0 Å². The minimum Gasteiger partial charge on any atom is -0.379 e. The monoisotopic (exact) mass is 572 g/mol. The maximum atomic E-state index is 12.1. The van der Waals surface area contributed by atoms with Gasteiger partial charge in [-0.2, -0.15) is 0 Å². The predicted molar refractivity (Wildman–Crippen MR) is 144 cm³/mol. The number of likely N-dealkylation sites (N-methyl/N-ethyl adjacent to an activating group) is 1. The van der Waals surface area contributed by atoms with Gasteiger partial charge in [-0.25, -0.2) is 4.99 Å². The first kappa shape index (κ1) is 27.8. The first-order valence-corrected chi connectivity index (χ1v) is 11.8. The van der Waals surface area contributed by atoms with Gasteiger partial charge in [-0.05, 0) is 31.9 Å². The van der Waals surface area contributed by atoms with Crippen LogP contribution in [-0.4, -0.2) is 105 Å². The van der Waals surface area contributed by atoms with Crippen LogP contribution in [0, 0.1) is 0 Å². The Morgan fingerprint density at radius 3 is 2.64 bits per heavy atom. The van der Waals surface area contributed by atoms with E-state index in [1.54, 1.807) is 19.0 Å². The van der Waals surface area contributed by atoms with Gasteiger partial charge in [0.2, 0.25) is 5.91 Å². The third-order valence-corrected chi connectivity index (χ3v) is 6.19. The van der Waals surface area contributed by atoms with Crippen LogP contribution in [-0.2, 0) is 16.1 Å². The van der Waals surface area contributed by atoms with E-state index in [0.717, 1.165) is 71.3 Å². The summed E-state index contributed by atoms with van der Waals surface area (Å²) in [6, 6.07) is 11.4. The minimum atomic E-state index is 0. The van der Waals surface area contributed by atoms with Crippen molar-refractivity contribution in [3.05, 3.63) is 35.9 Å². The van der Waals surface area contributed by atoms with Crippen molar-refractivity contribution < 1.29 is 9.53 Å². The highest BCUT2D eigenvalue weighted by atomic mass is 127. The standard InChI is InChI=1S/C24H40N6O2.HI/c1-20-16-22(19-30(20)18-21-8-5-4-6-9-21)27-24(26-17-23(31)28(2)3)25-10-7-11-29-12-14-32-15-13-29;/h4-6,8-9,20,22H,7,10-19H2,1-3H3,(H2,25,26,27);1H.